The van der Waals surface area contributed by atoms with E-state index in [0.717, 1.165) is 25.0 Å². The van der Waals surface area contributed by atoms with Crippen molar-refractivity contribution in [3.05, 3.63) is 35.4 Å². The molecule has 1 aliphatic carbocycles. The Kier molecular flexibility index (Phi) is 6.37. The third-order valence-electron chi connectivity index (χ3n) is 4.88. The smallest absolute Gasteiger partial charge is 0.324 e. The molecule has 0 spiro atoms. The number of thioether (sulfide) groups is 1. The second-order valence-corrected chi connectivity index (χ2v) is 7.56. The Bertz CT molecular complexity index is 622. The van der Waals surface area contributed by atoms with Gasteiger partial charge in [-0.3, -0.25) is 9.69 Å². The van der Waals surface area contributed by atoms with E-state index in [2.05, 4.69) is 29.6 Å². The lowest BCUT2D eigenvalue weighted by Gasteiger charge is -2.26. The molecule has 1 saturated heterocycles. The first kappa shape index (κ1) is 18.3. The number of ether oxygens (including phenoxy) is 1. The van der Waals surface area contributed by atoms with Crippen LogP contribution in [0.3, 0.4) is 0 Å². The number of aryl methyl sites for hydroxylation is 1. The van der Waals surface area contributed by atoms with Crippen LogP contribution in [-0.4, -0.2) is 48.0 Å². The van der Waals surface area contributed by atoms with Crippen molar-refractivity contribution in [2.24, 2.45) is 0 Å². The number of rotatable bonds is 8. The molecule has 0 aromatic heterocycles. The van der Waals surface area contributed by atoms with E-state index >= 15 is 0 Å². The van der Waals surface area contributed by atoms with Gasteiger partial charge in [0.05, 0.1) is 6.10 Å². The average Bonchev–Trinajstić information content (AvgIpc) is 2.90. The number of carbonyl (C=O) groups is 2. The van der Waals surface area contributed by atoms with E-state index in [4.69, 9.17) is 4.74 Å². The van der Waals surface area contributed by atoms with Gasteiger partial charge in [-0.1, -0.05) is 24.3 Å². The van der Waals surface area contributed by atoms with Crippen LogP contribution >= 0.6 is 11.8 Å². The van der Waals surface area contributed by atoms with E-state index in [1.54, 1.807) is 11.8 Å². The van der Waals surface area contributed by atoms with Gasteiger partial charge < -0.3 is 10.1 Å². The number of nitrogens with one attached hydrogen (secondary N) is 1. The van der Waals surface area contributed by atoms with Gasteiger partial charge in [0.1, 0.15) is 6.04 Å². The Morgan fingerprint density at radius 1 is 1.32 bits per heavy atom. The summed E-state index contributed by atoms with van der Waals surface area (Å²) in [5.74, 6) is 0.774. The van der Waals surface area contributed by atoms with Crippen LogP contribution in [0, 0.1) is 0 Å². The largest absolute Gasteiger partial charge is 0.373 e. The molecule has 0 saturated carbocycles. The quantitative estimate of drug-likeness (QED) is 0.570. The van der Waals surface area contributed by atoms with Crippen molar-refractivity contribution in [2.75, 3.05) is 25.2 Å². The van der Waals surface area contributed by atoms with E-state index in [9.17, 15) is 9.59 Å². The van der Waals surface area contributed by atoms with Crippen molar-refractivity contribution in [3.8, 4) is 0 Å². The molecule has 1 fully saturated rings. The van der Waals surface area contributed by atoms with Gasteiger partial charge in [0.2, 0.25) is 0 Å². The molecule has 0 radical (unpaired) electrons. The predicted molar refractivity (Wildman–Crippen MR) is 99.7 cm³/mol. The SMILES string of the molecule is CSCC[C@@H]1NC(=O)N(CCCO[C@H]2CCCc3ccccc32)C1=O. The number of benzene rings is 1. The van der Waals surface area contributed by atoms with Gasteiger partial charge in [-0.2, -0.15) is 11.8 Å². The van der Waals surface area contributed by atoms with Crippen LogP contribution in [0.2, 0.25) is 0 Å². The summed E-state index contributed by atoms with van der Waals surface area (Å²) in [6.45, 7) is 0.986. The van der Waals surface area contributed by atoms with E-state index in [1.165, 1.54) is 16.0 Å². The Morgan fingerprint density at radius 2 is 2.16 bits per heavy atom. The standard InChI is InChI=1S/C19H26N2O3S/c1-25-13-10-16-18(22)21(19(23)20-16)11-5-12-24-17-9-4-7-14-6-2-3-8-15(14)17/h2-3,6,8,16-17H,4-5,7,9-13H2,1H3,(H,20,23)/t16-,17-/m0/s1. The highest BCUT2D eigenvalue weighted by atomic mass is 32.2. The fourth-order valence-corrected chi connectivity index (χ4v) is 4.02. The molecule has 3 rings (SSSR count). The Balaban J connectivity index is 1.45. The number of hydrogen-bond acceptors (Lipinski definition) is 4. The van der Waals surface area contributed by atoms with E-state index in [-0.39, 0.29) is 24.1 Å². The maximum Gasteiger partial charge on any atom is 0.324 e. The van der Waals surface area contributed by atoms with Gasteiger partial charge in [-0.25, -0.2) is 4.79 Å². The first-order chi connectivity index (χ1) is 12.2. The van der Waals surface area contributed by atoms with Crippen molar-refractivity contribution < 1.29 is 14.3 Å². The first-order valence-electron chi connectivity index (χ1n) is 9.01. The highest BCUT2D eigenvalue weighted by molar-refractivity contribution is 7.98. The molecule has 5 nitrogen and oxygen atoms in total. The molecule has 2 aliphatic rings. The predicted octanol–water partition coefficient (Wildman–Crippen LogP) is 3.14. The van der Waals surface area contributed by atoms with Gasteiger partial charge in [-0.15, -0.1) is 0 Å². The number of imide groups is 1. The normalized spacial score (nSPS) is 22.8. The van der Waals surface area contributed by atoms with Crippen LogP contribution in [0.4, 0.5) is 4.79 Å². The number of amides is 3. The molecule has 6 heteroatoms. The molecule has 1 aliphatic heterocycles. The highest BCUT2D eigenvalue weighted by Gasteiger charge is 2.36. The maximum absolute atomic E-state index is 12.3. The number of nitrogens with zero attached hydrogens (tertiary/aromatic N) is 1. The monoisotopic (exact) mass is 362 g/mol. The minimum absolute atomic E-state index is 0.0953. The molecule has 1 aromatic carbocycles. The van der Waals surface area contributed by atoms with Gasteiger partial charge >= 0.3 is 6.03 Å². The van der Waals surface area contributed by atoms with Gasteiger partial charge in [0, 0.05) is 13.2 Å². The first-order valence-corrected chi connectivity index (χ1v) is 10.4. The number of hydrogen-bond donors (Lipinski definition) is 1. The van der Waals surface area contributed by atoms with Crippen LogP contribution < -0.4 is 5.32 Å². The number of urea groups is 1. The molecule has 136 valence electrons. The zero-order valence-electron chi connectivity index (χ0n) is 14.7. The maximum atomic E-state index is 12.3. The lowest BCUT2D eigenvalue weighted by atomic mass is 9.89. The average molecular weight is 362 g/mol. The minimum atomic E-state index is -0.355. The lowest BCUT2D eigenvalue weighted by molar-refractivity contribution is -0.127. The van der Waals surface area contributed by atoms with Gasteiger partial charge in [0.25, 0.3) is 5.91 Å². The van der Waals surface area contributed by atoms with Crippen LogP contribution in [0.1, 0.15) is 42.9 Å². The van der Waals surface area contributed by atoms with Crippen LogP contribution in [-0.2, 0) is 16.0 Å². The number of fused-ring (bicyclic) bond motifs is 1. The molecule has 1 heterocycles. The van der Waals surface area contributed by atoms with E-state index in [1.807, 2.05) is 6.26 Å². The second-order valence-electron chi connectivity index (χ2n) is 6.58. The molecule has 1 N–H and O–H groups in total. The minimum Gasteiger partial charge on any atom is -0.373 e. The third kappa shape index (κ3) is 4.36. The molecular formula is C19H26N2O3S. The van der Waals surface area contributed by atoms with Gasteiger partial charge in [-0.05, 0) is 55.2 Å². The second kappa shape index (κ2) is 8.72. The highest BCUT2D eigenvalue weighted by Crippen LogP contribution is 2.32. The van der Waals surface area contributed by atoms with E-state index in [0.29, 0.717) is 26.0 Å². The van der Waals surface area contributed by atoms with E-state index < -0.39 is 0 Å². The summed E-state index contributed by atoms with van der Waals surface area (Å²) >= 11 is 1.68. The summed E-state index contributed by atoms with van der Waals surface area (Å²) < 4.78 is 6.06. The molecule has 3 amide bonds. The molecule has 1 aromatic rings. The van der Waals surface area contributed by atoms with Crippen LogP contribution in [0.25, 0.3) is 0 Å². The summed E-state index contributed by atoms with van der Waals surface area (Å²) in [6.07, 6.45) is 6.81. The Hall–Kier alpha value is -1.53. The molecule has 2 atom stereocenters. The molecule has 25 heavy (non-hydrogen) atoms. The van der Waals surface area contributed by atoms with Crippen LogP contribution in [0.5, 0.6) is 0 Å². The summed E-state index contributed by atoms with van der Waals surface area (Å²) in [4.78, 5) is 25.6. The molecule has 0 bridgehead atoms. The Morgan fingerprint density at radius 3 is 3.00 bits per heavy atom. The van der Waals surface area contributed by atoms with Crippen molar-refractivity contribution >= 4 is 23.7 Å². The molecular weight excluding hydrogens is 336 g/mol. The fraction of sp³-hybridized carbons (Fsp3) is 0.579. The molecule has 0 unspecified atom stereocenters. The van der Waals surface area contributed by atoms with Gasteiger partial charge in [0.15, 0.2) is 0 Å². The Labute approximate surface area is 153 Å². The number of carbonyl (C=O) groups excluding carboxylic acids is 2. The van der Waals surface area contributed by atoms with Crippen LogP contribution in [0.15, 0.2) is 24.3 Å². The summed E-state index contributed by atoms with van der Waals surface area (Å²) in [5, 5.41) is 2.78. The van der Waals surface area contributed by atoms with Crippen molar-refractivity contribution in [1.29, 1.82) is 0 Å². The topological polar surface area (TPSA) is 58.6 Å². The zero-order valence-corrected chi connectivity index (χ0v) is 15.5. The summed E-state index contributed by atoms with van der Waals surface area (Å²) in [5.41, 5.74) is 2.67. The zero-order chi connectivity index (χ0) is 17.6. The van der Waals surface area contributed by atoms with Crippen molar-refractivity contribution in [3.63, 3.8) is 0 Å². The van der Waals surface area contributed by atoms with Crippen molar-refractivity contribution in [1.82, 2.24) is 10.2 Å². The summed E-state index contributed by atoms with van der Waals surface area (Å²) in [7, 11) is 0. The fourth-order valence-electron chi connectivity index (χ4n) is 3.55. The van der Waals surface area contributed by atoms with Crippen molar-refractivity contribution in [2.45, 2.75) is 44.2 Å². The lowest BCUT2D eigenvalue weighted by Crippen LogP contribution is -2.33. The summed E-state index contributed by atoms with van der Waals surface area (Å²) in [6, 6.07) is 7.83. The third-order valence-corrected chi connectivity index (χ3v) is 5.52.